The van der Waals surface area contributed by atoms with E-state index in [1.54, 1.807) is 18.3 Å². The van der Waals surface area contributed by atoms with Crippen molar-refractivity contribution in [3.05, 3.63) is 47.0 Å². The van der Waals surface area contributed by atoms with Crippen molar-refractivity contribution >= 4 is 11.2 Å². The number of hydrogen-bond acceptors (Lipinski definition) is 5. The SMILES string of the molecule is O=c1[nH]c2ncccc2n1-c1cccc(OC2CCNCC2)n1. The Morgan fingerprint density at radius 3 is 2.91 bits per heavy atom. The molecule has 1 fully saturated rings. The molecule has 7 heteroatoms. The molecule has 1 aliphatic heterocycles. The lowest BCUT2D eigenvalue weighted by molar-refractivity contribution is 0.156. The number of nitrogens with zero attached hydrogens (tertiary/aromatic N) is 3. The largest absolute Gasteiger partial charge is 0.474 e. The van der Waals surface area contributed by atoms with Crippen LogP contribution < -0.4 is 15.7 Å². The van der Waals surface area contributed by atoms with E-state index >= 15 is 0 Å². The van der Waals surface area contributed by atoms with Crippen LogP contribution in [-0.2, 0) is 0 Å². The number of imidazole rings is 1. The zero-order valence-corrected chi connectivity index (χ0v) is 12.5. The second-order valence-electron chi connectivity index (χ2n) is 5.54. The lowest BCUT2D eigenvalue weighted by Crippen LogP contribution is -2.34. The van der Waals surface area contributed by atoms with Crippen LogP contribution in [0.1, 0.15) is 12.8 Å². The van der Waals surface area contributed by atoms with Gasteiger partial charge in [0, 0.05) is 12.3 Å². The van der Waals surface area contributed by atoms with Gasteiger partial charge in [-0.2, -0.15) is 4.98 Å². The zero-order valence-electron chi connectivity index (χ0n) is 12.5. The molecule has 0 amide bonds. The van der Waals surface area contributed by atoms with Crippen molar-refractivity contribution in [1.82, 2.24) is 24.8 Å². The first-order valence-electron chi connectivity index (χ1n) is 7.72. The number of ether oxygens (including phenoxy) is 1. The Morgan fingerprint density at radius 1 is 1.17 bits per heavy atom. The first-order chi connectivity index (χ1) is 11.3. The van der Waals surface area contributed by atoms with Crippen molar-refractivity contribution in [3.8, 4) is 11.7 Å². The van der Waals surface area contributed by atoms with Crippen LogP contribution in [0.2, 0.25) is 0 Å². The predicted octanol–water partition coefficient (Wildman–Crippen LogP) is 1.24. The number of nitrogens with one attached hydrogen (secondary N) is 2. The number of hydrogen-bond donors (Lipinski definition) is 2. The molecule has 4 heterocycles. The highest BCUT2D eigenvalue weighted by Crippen LogP contribution is 2.18. The van der Waals surface area contributed by atoms with Crippen LogP contribution in [0.5, 0.6) is 5.88 Å². The summed E-state index contributed by atoms with van der Waals surface area (Å²) in [4.78, 5) is 23.6. The third-order valence-corrected chi connectivity index (χ3v) is 3.97. The number of pyridine rings is 2. The summed E-state index contributed by atoms with van der Waals surface area (Å²) < 4.78 is 7.47. The van der Waals surface area contributed by atoms with Gasteiger partial charge in [-0.3, -0.25) is 4.98 Å². The third kappa shape index (κ3) is 2.70. The minimum atomic E-state index is -0.259. The van der Waals surface area contributed by atoms with Gasteiger partial charge < -0.3 is 10.1 Å². The molecular formula is C16H17N5O2. The Balaban J connectivity index is 1.70. The maximum Gasteiger partial charge on any atom is 0.333 e. The molecule has 0 aromatic carbocycles. The van der Waals surface area contributed by atoms with Gasteiger partial charge in [-0.15, -0.1) is 0 Å². The van der Waals surface area contributed by atoms with Crippen molar-refractivity contribution in [1.29, 1.82) is 0 Å². The molecule has 7 nitrogen and oxygen atoms in total. The van der Waals surface area contributed by atoms with Crippen LogP contribution in [0.15, 0.2) is 41.3 Å². The number of fused-ring (bicyclic) bond motifs is 1. The van der Waals surface area contributed by atoms with E-state index in [9.17, 15) is 4.79 Å². The zero-order chi connectivity index (χ0) is 15.6. The standard InChI is InChI=1S/C16H17N5O2/c22-16-20-15-12(3-2-8-18-15)21(16)13-4-1-5-14(19-13)23-11-6-9-17-10-7-11/h1-5,8,11,17H,6-7,9-10H2,(H,18,20,22). The van der Waals surface area contributed by atoms with E-state index in [0.717, 1.165) is 25.9 Å². The van der Waals surface area contributed by atoms with E-state index in [0.29, 0.717) is 22.9 Å². The topological polar surface area (TPSA) is 84.8 Å². The van der Waals surface area contributed by atoms with Crippen molar-refractivity contribution < 1.29 is 4.74 Å². The molecule has 23 heavy (non-hydrogen) atoms. The summed E-state index contributed by atoms with van der Waals surface area (Å²) in [6.45, 7) is 1.91. The molecule has 1 aliphatic rings. The minimum Gasteiger partial charge on any atom is -0.474 e. The number of aromatic amines is 1. The molecule has 2 N–H and O–H groups in total. The van der Waals surface area contributed by atoms with E-state index in [1.165, 1.54) is 4.57 Å². The lowest BCUT2D eigenvalue weighted by atomic mass is 10.1. The van der Waals surface area contributed by atoms with Gasteiger partial charge in [0.1, 0.15) is 11.9 Å². The highest BCUT2D eigenvalue weighted by molar-refractivity contribution is 5.72. The molecule has 0 bridgehead atoms. The average molecular weight is 311 g/mol. The summed E-state index contributed by atoms with van der Waals surface area (Å²) in [5.74, 6) is 1.07. The molecule has 3 aromatic rings. The summed E-state index contributed by atoms with van der Waals surface area (Å²) >= 11 is 0. The number of H-pyrrole nitrogens is 1. The molecule has 4 rings (SSSR count). The summed E-state index contributed by atoms with van der Waals surface area (Å²) in [7, 11) is 0. The number of rotatable bonds is 3. The predicted molar refractivity (Wildman–Crippen MR) is 86.0 cm³/mol. The summed E-state index contributed by atoms with van der Waals surface area (Å²) in [6.07, 6.45) is 3.73. The number of piperidine rings is 1. The highest BCUT2D eigenvalue weighted by atomic mass is 16.5. The second kappa shape index (κ2) is 5.85. The van der Waals surface area contributed by atoms with Gasteiger partial charge >= 0.3 is 5.69 Å². The Hall–Kier alpha value is -2.67. The van der Waals surface area contributed by atoms with Gasteiger partial charge in [0.2, 0.25) is 5.88 Å². The molecule has 0 radical (unpaired) electrons. The van der Waals surface area contributed by atoms with E-state index in [2.05, 4.69) is 20.3 Å². The normalized spacial score (nSPS) is 15.8. The van der Waals surface area contributed by atoms with Gasteiger partial charge in [0.25, 0.3) is 0 Å². The Labute approximate surface area is 132 Å². The van der Waals surface area contributed by atoms with Crippen molar-refractivity contribution in [2.45, 2.75) is 18.9 Å². The lowest BCUT2D eigenvalue weighted by Gasteiger charge is -2.23. The molecule has 0 unspecified atom stereocenters. The molecule has 3 aromatic heterocycles. The van der Waals surface area contributed by atoms with Gasteiger partial charge in [0.05, 0.1) is 5.52 Å². The summed E-state index contributed by atoms with van der Waals surface area (Å²) in [6, 6.07) is 9.09. The molecule has 1 saturated heterocycles. The second-order valence-corrected chi connectivity index (χ2v) is 5.54. The van der Waals surface area contributed by atoms with E-state index in [4.69, 9.17) is 4.74 Å². The molecule has 0 spiro atoms. The van der Waals surface area contributed by atoms with Crippen molar-refractivity contribution in [2.75, 3.05) is 13.1 Å². The van der Waals surface area contributed by atoms with Gasteiger partial charge in [-0.1, -0.05) is 6.07 Å². The molecule has 118 valence electrons. The van der Waals surface area contributed by atoms with Crippen LogP contribution in [0.4, 0.5) is 0 Å². The fraction of sp³-hybridized carbons (Fsp3) is 0.312. The van der Waals surface area contributed by atoms with Crippen LogP contribution in [-0.4, -0.2) is 38.7 Å². The quantitative estimate of drug-likeness (QED) is 0.760. The molecule has 0 aliphatic carbocycles. The Bertz CT molecular complexity index is 879. The molecular weight excluding hydrogens is 294 g/mol. The Morgan fingerprint density at radius 2 is 2.04 bits per heavy atom. The van der Waals surface area contributed by atoms with E-state index in [1.807, 2.05) is 18.2 Å². The first kappa shape index (κ1) is 14.0. The minimum absolute atomic E-state index is 0.167. The van der Waals surface area contributed by atoms with Gasteiger partial charge in [0.15, 0.2) is 5.65 Å². The summed E-state index contributed by atoms with van der Waals surface area (Å²) in [5, 5.41) is 3.30. The maximum atomic E-state index is 12.2. The Kier molecular flexibility index (Phi) is 3.55. The number of aromatic nitrogens is 4. The monoisotopic (exact) mass is 311 g/mol. The summed E-state index contributed by atoms with van der Waals surface area (Å²) in [5.41, 5.74) is 0.984. The van der Waals surface area contributed by atoms with E-state index < -0.39 is 0 Å². The fourth-order valence-corrected chi connectivity index (χ4v) is 2.85. The van der Waals surface area contributed by atoms with Gasteiger partial charge in [-0.25, -0.2) is 14.3 Å². The van der Waals surface area contributed by atoms with Crippen LogP contribution in [0, 0.1) is 0 Å². The van der Waals surface area contributed by atoms with Crippen LogP contribution >= 0.6 is 0 Å². The highest BCUT2D eigenvalue weighted by Gasteiger charge is 2.16. The van der Waals surface area contributed by atoms with Gasteiger partial charge in [-0.05, 0) is 44.1 Å². The smallest absolute Gasteiger partial charge is 0.333 e. The average Bonchev–Trinajstić information content (AvgIpc) is 2.92. The van der Waals surface area contributed by atoms with Crippen LogP contribution in [0.25, 0.3) is 17.0 Å². The maximum absolute atomic E-state index is 12.2. The molecule has 0 saturated carbocycles. The molecule has 0 atom stereocenters. The van der Waals surface area contributed by atoms with Crippen molar-refractivity contribution in [3.63, 3.8) is 0 Å². The fourth-order valence-electron chi connectivity index (χ4n) is 2.85. The van der Waals surface area contributed by atoms with Crippen molar-refractivity contribution in [2.24, 2.45) is 0 Å². The first-order valence-corrected chi connectivity index (χ1v) is 7.72. The third-order valence-electron chi connectivity index (χ3n) is 3.97. The van der Waals surface area contributed by atoms with Crippen LogP contribution in [0.3, 0.4) is 0 Å². The van der Waals surface area contributed by atoms with E-state index in [-0.39, 0.29) is 11.8 Å².